The molecule has 2 rings (SSSR count). The normalized spacial score (nSPS) is 9.85. The lowest BCUT2D eigenvalue weighted by molar-refractivity contribution is 0.390. The Morgan fingerprint density at radius 2 is 2.38 bits per heavy atom. The van der Waals surface area contributed by atoms with E-state index < -0.39 is 0 Å². The second-order valence-electron chi connectivity index (χ2n) is 2.43. The summed E-state index contributed by atoms with van der Waals surface area (Å²) in [6.45, 7) is 0. The highest BCUT2D eigenvalue weighted by Gasteiger charge is 2.02. The minimum absolute atomic E-state index is 0.516. The van der Waals surface area contributed by atoms with E-state index in [4.69, 9.17) is 11.2 Å². The Bertz CT molecular complexity index is 481. The molecule has 2 aromatic heterocycles. The maximum Gasteiger partial charge on any atom is 0.231 e. The molecule has 0 aromatic carbocycles. The molecule has 0 amide bonds. The highest BCUT2D eigenvalue weighted by Crippen LogP contribution is 2.09. The Morgan fingerprint density at radius 3 is 3.08 bits per heavy atom. The van der Waals surface area contributed by atoms with E-state index in [1.54, 1.807) is 30.0 Å². The third-order valence-corrected chi connectivity index (χ3v) is 1.69. The summed E-state index contributed by atoms with van der Waals surface area (Å²) >= 11 is 0. The first-order valence-electron chi connectivity index (χ1n) is 3.70. The Kier molecular flexibility index (Phi) is 1.64. The van der Waals surface area contributed by atoms with Crippen LogP contribution < -0.4 is 4.74 Å². The first-order chi connectivity index (χ1) is 6.35. The van der Waals surface area contributed by atoms with E-state index in [-0.39, 0.29) is 0 Å². The van der Waals surface area contributed by atoms with Gasteiger partial charge in [0, 0.05) is 6.07 Å². The van der Waals surface area contributed by atoms with Crippen LogP contribution in [0.3, 0.4) is 0 Å². The van der Waals surface area contributed by atoms with Gasteiger partial charge in [0.2, 0.25) is 5.88 Å². The number of aromatic nitrogens is 3. The highest BCUT2D eigenvalue weighted by atomic mass is 16.5. The van der Waals surface area contributed by atoms with Crippen molar-refractivity contribution >= 4 is 5.65 Å². The second kappa shape index (κ2) is 2.79. The maximum atomic E-state index is 5.26. The van der Waals surface area contributed by atoms with E-state index in [1.807, 2.05) is 0 Å². The van der Waals surface area contributed by atoms with Gasteiger partial charge >= 0.3 is 0 Å². The minimum Gasteiger partial charge on any atom is -0.480 e. The van der Waals surface area contributed by atoms with Gasteiger partial charge in [-0.1, -0.05) is 0 Å². The molecule has 0 saturated heterocycles. The van der Waals surface area contributed by atoms with Crippen molar-refractivity contribution in [2.75, 3.05) is 7.11 Å². The van der Waals surface area contributed by atoms with Crippen molar-refractivity contribution in [2.24, 2.45) is 0 Å². The third-order valence-electron chi connectivity index (χ3n) is 1.69. The maximum absolute atomic E-state index is 5.26. The number of hydrogen-bond acceptors (Lipinski definition) is 3. The standard InChI is InChI=1S/C9H7N3O/c1-3-7-6-10-8-4-5-9(13-2)11-12(7)8/h1,4-6H,2H3. The molecule has 13 heavy (non-hydrogen) atoms. The Labute approximate surface area is 75.2 Å². The molecule has 0 aliphatic carbocycles. The minimum atomic E-state index is 0.516. The Morgan fingerprint density at radius 1 is 1.54 bits per heavy atom. The summed E-state index contributed by atoms with van der Waals surface area (Å²) in [6, 6.07) is 3.54. The number of imidazole rings is 1. The van der Waals surface area contributed by atoms with Crippen molar-refractivity contribution in [2.45, 2.75) is 0 Å². The van der Waals surface area contributed by atoms with Crippen LogP contribution in [0.1, 0.15) is 5.69 Å². The van der Waals surface area contributed by atoms with Gasteiger partial charge in [0.05, 0.1) is 13.3 Å². The molecule has 0 saturated carbocycles. The van der Waals surface area contributed by atoms with Crippen LogP contribution in [0.5, 0.6) is 5.88 Å². The average molecular weight is 173 g/mol. The van der Waals surface area contributed by atoms with Crippen LogP contribution in [-0.4, -0.2) is 21.7 Å². The van der Waals surface area contributed by atoms with Crippen molar-refractivity contribution in [3.63, 3.8) is 0 Å². The summed E-state index contributed by atoms with van der Waals surface area (Å²) in [7, 11) is 1.56. The van der Waals surface area contributed by atoms with E-state index in [9.17, 15) is 0 Å². The van der Waals surface area contributed by atoms with Crippen molar-refractivity contribution < 1.29 is 4.74 Å². The molecule has 0 unspecified atom stereocenters. The molecular weight excluding hydrogens is 166 g/mol. The summed E-state index contributed by atoms with van der Waals surface area (Å²) < 4.78 is 6.53. The molecule has 2 aromatic rings. The molecule has 0 fully saturated rings. The molecule has 0 spiro atoms. The van der Waals surface area contributed by atoms with Gasteiger partial charge in [0.25, 0.3) is 0 Å². The number of fused-ring (bicyclic) bond motifs is 1. The molecule has 0 bridgehead atoms. The summed E-state index contributed by atoms with van der Waals surface area (Å²) in [5.41, 5.74) is 1.34. The monoisotopic (exact) mass is 173 g/mol. The van der Waals surface area contributed by atoms with Gasteiger partial charge in [-0.05, 0) is 12.0 Å². The van der Waals surface area contributed by atoms with E-state index in [2.05, 4.69) is 16.0 Å². The van der Waals surface area contributed by atoms with Crippen molar-refractivity contribution in [3.05, 3.63) is 24.0 Å². The zero-order valence-corrected chi connectivity index (χ0v) is 7.06. The summed E-state index contributed by atoms with van der Waals surface area (Å²) in [4.78, 5) is 4.07. The van der Waals surface area contributed by atoms with Gasteiger partial charge < -0.3 is 4.74 Å². The van der Waals surface area contributed by atoms with Crippen molar-refractivity contribution in [1.82, 2.24) is 14.6 Å². The fourth-order valence-electron chi connectivity index (χ4n) is 1.06. The fraction of sp³-hybridized carbons (Fsp3) is 0.111. The molecule has 2 heterocycles. The van der Waals surface area contributed by atoms with Gasteiger partial charge in [-0.3, -0.25) is 0 Å². The van der Waals surface area contributed by atoms with Gasteiger partial charge in [0.1, 0.15) is 5.69 Å². The summed E-state index contributed by atoms with van der Waals surface area (Å²) in [6.07, 6.45) is 6.86. The topological polar surface area (TPSA) is 39.4 Å². The Balaban J connectivity index is 2.73. The number of hydrogen-bond donors (Lipinski definition) is 0. The van der Waals surface area contributed by atoms with Gasteiger partial charge in [0.15, 0.2) is 5.65 Å². The van der Waals surface area contributed by atoms with Crippen LogP contribution >= 0.6 is 0 Å². The number of ether oxygens (including phenoxy) is 1. The first kappa shape index (κ1) is 7.62. The number of methoxy groups -OCH3 is 1. The van der Waals surface area contributed by atoms with Crippen LogP contribution in [0, 0.1) is 12.3 Å². The lowest BCUT2D eigenvalue weighted by Crippen LogP contribution is -1.97. The molecule has 0 radical (unpaired) electrons. The fourth-order valence-corrected chi connectivity index (χ4v) is 1.06. The van der Waals surface area contributed by atoms with Crippen LogP contribution in [-0.2, 0) is 0 Å². The van der Waals surface area contributed by atoms with Gasteiger partial charge in [-0.2, -0.15) is 0 Å². The predicted octanol–water partition coefficient (Wildman–Crippen LogP) is 0.719. The zero-order valence-electron chi connectivity index (χ0n) is 7.06. The van der Waals surface area contributed by atoms with Crippen molar-refractivity contribution in [3.8, 4) is 18.2 Å². The summed E-state index contributed by atoms with van der Waals surface area (Å²) in [5, 5.41) is 4.11. The van der Waals surface area contributed by atoms with Crippen LogP contribution in [0.4, 0.5) is 0 Å². The zero-order chi connectivity index (χ0) is 9.26. The third kappa shape index (κ3) is 1.11. The molecule has 4 nitrogen and oxygen atoms in total. The molecule has 0 atom stereocenters. The molecule has 0 aliphatic heterocycles. The van der Waals surface area contributed by atoms with Crippen LogP contribution in [0.25, 0.3) is 5.65 Å². The van der Waals surface area contributed by atoms with E-state index >= 15 is 0 Å². The van der Waals surface area contributed by atoms with E-state index in [0.717, 1.165) is 0 Å². The second-order valence-corrected chi connectivity index (χ2v) is 2.43. The molecule has 4 heteroatoms. The quantitative estimate of drug-likeness (QED) is 0.596. The predicted molar refractivity (Wildman–Crippen MR) is 47.5 cm³/mol. The molecule has 0 N–H and O–H groups in total. The SMILES string of the molecule is C#Cc1cnc2ccc(OC)nn12. The first-order valence-corrected chi connectivity index (χ1v) is 3.70. The smallest absolute Gasteiger partial charge is 0.231 e. The average Bonchev–Trinajstić information content (AvgIpc) is 2.59. The number of terminal acetylenes is 1. The van der Waals surface area contributed by atoms with Gasteiger partial charge in [-0.25, -0.2) is 9.50 Å². The largest absolute Gasteiger partial charge is 0.480 e. The van der Waals surface area contributed by atoms with E-state index in [1.165, 1.54) is 0 Å². The lowest BCUT2D eigenvalue weighted by Gasteiger charge is -1.98. The highest BCUT2D eigenvalue weighted by molar-refractivity contribution is 5.43. The number of nitrogens with zero attached hydrogens (tertiary/aromatic N) is 3. The Hall–Kier alpha value is -2.02. The molecular formula is C9H7N3O. The molecule has 64 valence electrons. The lowest BCUT2D eigenvalue weighted by atomic mass is 10.5. The van der Waals surface area contributed by atoms with Crippen molar-refractivity contribution in [1.29, 1.82) is 0 Å². The summed E-state index contributed by atoms with van der Waals surface area (Å²) in [5.74, 6) is 3.00. The van der Waals surface area contributed by atoms with Gasteiger partial charge in [-0.15, -0.1) is 11.5 Å². The number of rotatable bonds is 1. The molecule has 0 aliphatic rings. The van der Waals surface area contributed by atoms with Crippen LogP contribution in [0.2, 0.25) is 0 Å². The van der Waals surface area contributed by atoms with Crippen LogP contribution in [0.15, 0.2) is 18.3 Å². The van der Waals surface area contributed by atoms with E-state index in [0.29, 0.717) is 17.2 Å².